The number of aryl methyl sites for hydroxylation is 2. The zero-order valence-corrected chi connectivity index (χ0v) is 18.7. The molecule has 1 N–H and O–H groups in total. The van der Waals surface area contributed by atoms with Crippen LogP contribution >= 0.6 is 0 Å². The molecule has 1 atom stereocenters. The second-order valence-electron chi connectivity index (χ2n) is 8.11. The number of fused-ring (bicyclic) bond motifs is 2. The van der Waals surface area contributed by atoms with E-state index in [0.29, 0.717) is 25.1 Å². The van der Waals surface area contributed by atoms with E-state index in [1.165, 1.54) is 5.56 Å². The average molecular weight is 433 g/mol. The summed E-state index contributed by atoms with van der Waals surface area (Å²) >= 11 is 0. The van der Waals surface area contributed by atoms with Gasteiger partial charge in [0.05, 0.1) is 23.7 Å². The highest BCUT2D eigenvalue weighted by atomic mass is 16.5. The van der Waals surface area contributed by atoms with Crippen LogP contribution in [0.3, 0.4) is 0 Å². The molecule has 0 amide bonds. The molecule has 7 nitrogen and oxygen atoms in total. The fourth-order valence-corrected chi connectivity index (χ4v) is 4.08. The van der Waals surface area contributed by atoms with Crippen molar-refractivity contribution < 1.29 is 4.74 Å². The van der Waals surface area contributed by atoms with Crippen LogP contribution in [0, 0.1) is 6.92 Å². The molecule has 0 bridgehead atoms. The van der Waals surface area contributed by atoms with Crippen LogP contribution in [-0.2, 0) is 24.1 Å². The highest BCUT2D eigenvalue weighted by Gasteiger charge is 2.21. The van der Waals surface area contributed by atoms with Gasteiger partial charge in [-0.2, -0.15) is 4.98 Å². The molecule has 2 aromatic carbocycles. The summed E-state index contributed by atoms with van der Waals surface area (Å²) in [6, 6.07) is 14.4. The van der Waals surface area contributed by atoms with Gasteiger partial charge in [-0.15, -0.1) is 0 Å². The van der Waals surface area contributed by atoms with E-state index >= 15 is 0 Å². The third kappa shape index (κ3) is 4.62. The zero-order valence-electron chi connectivity index (χ0n) is 18.7. The quantitative estimate of drug-likeness (QED) is 0.431. The molecule has 32 heavy (non-hydrogen) atoms. The number of aromatic nitrogens is 4. The first kappa shape index (κ1) is 21.9. The number of nitrogens with one attached hydrogen (secondary N) is 1. The molecule has 0 saturated heterocycles. The van der Waals surface area contributed by atoms with E-state index in [0.717, 1.165) is 29.5 Å². The van der Waals surface area contributed by atoms with Crippen LogP contribution in [0.2, 0.25) is 0 Å². The standard InChI is InChI=1S/C25H28N4O3/c1-4-6-17-11-12-21-20(14-17)26-22-23(27-25(31)28-24(22)30)29(21)15-19(32-5-2)13-18-9-7-16(3)8-10-18/h7-12,14,19H,4-6,13,15H2,1-3H3,(H,28,30,31). The first-order valence-electron chi connectivity index (χ1n) is 11.1. The lowest BCUT2D eigenvalue weighted by Crippen LogP contribution is -2.31. The minimum Gasteiger partial charge on any atom is -0.376 e. The molecule has 7 heteroatoms. The van der Waals surface area contributed by atoms with E-state index in [4.69, 9.17) is 4.74 Å². The highest BCUT2D eigenvalue weighted by molar-refractivity contribution is 5.80. The summed E-state index contributed by atoms with van der Waals surface area (Å²) < 4.78 is 7.97. The molecule has 0 fully saturated rings. The maximum atomic E-state index is 12.5. The van der Waals surface area contributed by atoms with Crippen LogP contribution in [0.4, 0.5) is 0 Å². The summed E-state index contributed by atoms with van der Waals surface area (Å²) in [5, 5.41) is 0. The summed E-state index contributed by atoms with van der Waals surface area (Å²) in [4.78, 5) is 35.5. The molecule has 4 rings (SSSR count). The van der Waals surface area contributed by atoms with Crippen LogP contribution < -0.4 is 11.2 Å². The topological polar surface area (TPSA) is 89.9 Å². The maximum Gasteiger partial charge on any atom is 0.349 e. The lowest BCUT2D eigenvalue weighted by Gasteiger charge is -2.23. The summed E-state index contributed by atoms with van der Waals surface area (Å²) in [5.41, 5.74) is 4.02. The zero-order chi connectivity index (χ0) is 22.7. The molecule has 0 aliphatic carbocycles. The fourth-order valence-electron chi connectivity index (χ4n) is 4.08. The van der Waals surface area contributed by atoms with Gasteiger partial charge in [0.2, 0.25) is 0 Å². The van der Waals surface area contributed by atoms with Crippen molar-refractivity contribution in [3.63, 3.8) is 0 Å². The first-order chi connectivity index (χ1) is 15.5. The lowest BCUT2D eigenvalue weighted by molar-refractivity contribution is 0.0517. The molecular formula is C25H28N4O3. The summed E-state index contributed by atoms with van der Waals surface area (Å²) in [7, 11) is 0. The molecule has 2 aliphatic heterocycles. The van der Waals surface area contributed by atoms with Crippen molar-refractivity contribution >= 4 is 11.0 Å². The Balaban J connectivity index is 1.84. The Morgan fingerprint density at radius 2 is 1.78 bits per heavy atom. The van der Waals surface area contributed by atoms with Crippen LogP contribution in [0.1, 0.15) is 37.0 Å². The lowest BCUT2D eigenvalue weighted by atomic mass is 10.1. The van der Waals surface area contributed by atoms with Gasteiger partial charge >= 0.3 is 5.69 Å². The molecule has 0 saturated carbocycles. The van der Waals surface area contributed by atoms with E-state index in [-0.39, 0.29) is 17.6 Å². The minimum atomic E-state index is -0.675. The normalized spacial score (nSPS) is 12.5. The minimum absolute atomic E-state index is 0.159. The third-order valence-corrected chi connectivity index (χ3v) is 5.58. The van der Waals surface area contributed by atoms with Crippen molar-refractivity contribution in [2.24, 2.45) is 0 Å². The SMILES string of the molecule is CCCc1ccc2c(c1)nc1c(=O)[nH]c(=O)nc-1n2CC(Cc1ccc(C)cc1)OCC. The second-order valence-corrected chi connectivity index (χ2v) is 8.11. The van der Waals surface area contributed by atoms with Crippen molar-refractivity contribution in [3.05, 3.63) is 80.0 Å². The van der Waals surface area contributed by atoms with E-state index in [1.54, 1.807) is 0 Å². The summed E-state index contributed by atoms with van der Waals surface area (Å²) in [6.45, 7) is 7.15. The van der Waals surface area contributed by atoms with Crippen molar-refractivity contribution in [1.82, 2.24) is 19.5 Å². The van der Waals surface area contributed by atoms with Crippen LogP contribution in [0.5, 0.6) is 0 Å². The molecule has 166 valence electrons. The number of nitrogens with zero attached hydrogens (tertiary/aromatic N) is 3. The molecule has 2 aliphatic rings. The number of H-pyrrole nitrogens is 1. The number of ether oxygens (including phenoxy) is 1. The predicted octanol–water partition coefficient (Wildman–Crippen LogP) is 3.49. The Labute approximate surface area is 186 Å². The van der Waals surface area contributed by atoms with Gasteiger partial charge in [-0.05, 0) is 43.5 Å². The highest BCUT2D eigenvalue weighted by Crippen LogP contribution is 2.24. The number of hydrogen-bond acceptors (Lipinski definition) is 5. The first-order valence-corrected chi connectivity index (χ1v) is 11.1. The average Bonchev–Trinajstić information content (AvgIpc) is 2.76. The van der Waals surface area contributed by atoms with Gasteiger partial charge < -0.3 is 9.30 Å². The molecule has 0 aromatic heterocycles. The summed E-state index contributed by atoms with van der Waals surface area (Å²) in [5.74, 6) is 0.281. The van der Waals surface area contributed by atoms with Crippen molar-refractivity contribution in [1.29, 1.82) is 0 Å². The van der Waals surface area contributed by atoms with Crippen molar-refractivity contribution in [2.45, 2.75) is 52.7 Å². The molecule has 0 spiro atoms. The van der Waals surface area contributed by atoms with Crippen LogP contribution in [-0.4, -0.2) is 32.2 Å². The monoisotopic (exact) mass is 432 g/mol. The van der Waals surface area contributed by atoms with Gasteiger partial charge in [0, 0.05) is 13.0 Å². The van der Waals surface area contributed by atoms with Crippen molar-refractivity contribution in [2.75, 3.05) is 6.61 Å². The Bertz CT molecular complexity index is 1310. The van der Waals surface area contributed by atoms with Gasteiger partial charge in [0.1, 0.15) is 0 Å². The molecule has 1 unspecified atom stereocenters. The van der Waals surface area contributed by atoms with Gasteiger partial charge in [0.15, 0.2) is 11.5 Å². The molecular weight excluding hydrogens is 404 g/mol. The number of aromatic amines is 1. The summed E-state index contributed by atoms with van der Waals surface area (Å²) in [6.07, 6.45) is 2.49. The second kappa shape index (κ2) is 9.44. The van der Waals surface area contributed by atoms with E-state index < -0.39 is 11.2 Å². The van der Waals surface area contributed by atoms with E-state index in [1.807, 2.05) is 23.6 Å². The largest absolute Gasteiger partial charge is 0.376 e. The van der Waals surface area contributed by atoms with E-state index in [9.17, 15) is 9.59 Å². The van der Waals surface area contributed by atoms with Gasteiger partial charge in [0.25, 0.3) is 5.56 Å². The van der Waals surface area contributed by atoms with Gasteiger partial charge in [-0.1, -0.05) is 49.2 Å². The Kier molecular flexibility index (Phi) is 6.46. The Morgan fingerprint density at radius 1 is 1.03 bits per heavy atom. The Morgan fingerprint density at radius 3 is 2.50 bits per heavy atom. The molecule has 2 aromatic rings. The number of hydrogen-bond donors (Lipinski definition) is 1. The molecule has 0 radical (unpaired) electrons. The Hall–Kier alpha value is -3.32. The van der Waals surface area contributed by atoms with Gasteiger partial charge in [-0.3, -0.25) is 9.78 Å². The van der Waals surface area contributed by atoms with Gasteiger partial charge in [-0.25, -0.2) is 9.78 Å². The smallest absolute Gasteiger partial charge is 0.349 e. The number of rotatable bonds is 8. The number of benzene rings is 2. The van der Waals surface area contributed by atoms with Crippen LogP contribution in [0.15, 0.2) is 52.1 Å². The van der Waals surface area contributed by atoms with E-state index in [2.05, 4.69) is 59.1 Å². The third-order valence-electron chi connectivity index (χ3n) is 5.58. The molecule has 2 heterocycles. The van der Waals surface area contributed by atoms with Crippen molar-refractivity contribution in [3.8, 4) is 11.5 Å². The predicted molar refractivity (Wildman–Crippen MR) is 125 cm³/mol. The van der Waals surface area contributed by atoms with Crippen LogP contribution in [0.25, 0.3) is 22.6 Å². The maximum absolute atomic E-state index is 12.5. The fraction of sp³-hybridized carbons (Fsp3) is 0.360.